The van der Waals surface area contributed by atoms with Crippen molar-refractivity contribution < 1.29 is 9.53 Å². The van der Waals surface area contributed by atoms with Gasteiger partial charge in [0.05, 0.1) is 0 Å². The number of rotatable bonds is 8. The molecule has 1 amide bonds. The molecule has 0 aliphatic carbocycles. The summed E-state index contributed by atoms with van der Waals surface area (Å²) in [6, 6.07) is 18.7. The van der Waals surface area contributed by atoms with E-state index in [4.69, 9.17) is 27.9 Å². The zero-order chi connectivity index (χ0) is 22.4. The van der Waals surface area contributed by atoms with Crippen molar-refractivity contribution >= 4 is 29.1 Å². The van der Waals surface area contributed by atoms with Gasteiger partial charge in [-0.15, -0.1) is 0 Å². The number of carbonyl (C=O) groups excluding carboxylic acids is 1. The summed E-state index contributed by atoms with van der Waals surface area (Å²) in [7, 11) is 0. The van der Waals surface area contributed by atoms with E-state index < -0.39 is 5.60 Å². The van der Waals surface area contributed by atoms with Crippen LogP contribution in [-0.4, -0.2) is 23.0 Å². The first-order valence-electron chi connectivity index (χ1n) is 10.1. The highest BCUT2D eigenvalue weighted by Gasteiger charge is 2.31. The van der Waals surface area contributed by atoms with Gasteiger partial charge in [0, 0.05) is 34.9 Å². The number of hydrogen-bond acceptors (Lipinski definition) is 3. The lowest BCUT2D eigenvalue weighted by Gasteiger charge is -2.29. The first kappa shape index (κ1) is 23.1. The second kappa shape index (κ2) is 10.2. The van der Waals surface area contributed by atoms with Crippen LogP contribution in [0.5, 0.6) is 5.75 Å². The molecule has 6 heteroatoms. The molecule has 1 heterocycles. The maximum absolute atomic E-state index is 13.0. The summed E-state index contributed by atoms with van der Waals surface area (Å²) >= 11 is 12.0. The highest BCUT2D eigenvalue weighted by molar-refractivity contribution is 6.30. The number of nitrogens with zero attached hydrogens (tertiary/aromatic N) is 1. The van der Waals surface area contributed by atoms with Crippen molar-refractivity contribution in [3.63, 3.8) is 0 Å². The predicted molar refractivity (Wildman–Crippen MR) is 126 cm³/mol. The fourth-order valence-corrected chi connectivity index (χ4v) is 3.69. The number of amides is 1. The summed E-state index contributed by atoms with van der Waals surface area (Å²) in [5.41, 5.74) is 1.16. The summed E-state index contributed by atoms with van der Waals surface area (Å²) in [4.78, 5) is 17.2. The Morgan fingerprint density at radius 2 is 1.61 bits per heavy atom. The molecule has 31 heavy (non-hydrogen) atoms. The molecule has 0 spiro atoms. The Kier molecular flexibility index (Phi) is 7.58. The number of halogens is 2. The van der Waals surface area contributed by atoms with Gasteiger partial charge in [0.2, 0.25) is 0 Å². The second-order valence-corrected chi connectivity index (χ2v) is 8.88. The molecule has 0 fully saturated rings. The lowest BCUT2D eigenvalue weighted by atomic mass is 9.83. The Morgan fingerprint density at radius 3 is 2.19 bits per heavy atom. The minimum absolute atomic E-state index is 0.0326. The standard InChI is InChI=1S/C25H26Cl2N2O2/c1-17(18-6-8-20(26)9-7-18)23(19-5-4-14-28-15-19)16-29-24(30)25(2,3)31-22-12-10-21(27)11-13-22/h4-15,17,23H,16H2,1-3H3,(H,29,30). The van der Waals surface area contributed by atoms with Gasteiger partial charge in [0.15, 0.2) is 5.60 Å². The summed E-state index contributed by atoms with van der Waals surface area (Å²) in [5.74, 6) is 0.565. The molecule has 0 radical (unpaired) electrons. The number of nitrogens with one attached hydrogen (secondary N) is 1. The molecule has 162 valence electrons. The van der Waals surface area contributed by atoms with E-state index in [9.17, 15) is 4.79 Å². The van der Waals surface area contributed by atoms with E-state index in [0.29, 0.717) is 22.3 Å². The fraction of sp³-hybridized carbons (Fsp3) is 0.280. The van der Waals surface area contributed by atoms with E-state index in [1.54, 1.807) is 44.3 Å². The van der Waals surface area contributed by atoms with Gasteiger partial charge < -0.3 is 10.1 Å². The smallest absolute Gasteiger partial charge is 0.263 e. The van der Waals surface area contributed by atoms with E-state index in [1.165, 1.54) is 0 Å². The topological polar surface area (TPSA) is 51.2 Å². The third-order valence-corrected chi connectivity index (χ3v) is 5.83. The summed E-state index contributed by atoms with van der Waals surface area (Å²) in [6.07, 6.45) is 3.59. The third-order valence-electron chi connectivity index (χ3n) is 5.33. The van der Waals surface area contributed by atoms with Crippen LogP contribution >= 0.6 is 23.2 Å². The van der Waals surface area contributed by atoms with Crippen molar-refractivity contribution in [3.05, 3.63) is 94.2 Å². The van der Waals surface area contributed by atoms with Crippen LogP contribution in [0.25, 0.3) is 0 Å². The Hall–Kier alpha value is -2.56. The molecule has 2 atom stereocenters. The molecule has 0 aliphatic heterocycles. The van der Waals surface area contributed by atoms with Crippen LogP contribution < -0.4 is 10.1 Å². The van der Waals surface area contributed by atoms with Gasteiger partial charge >= 0.3 is 0 Å². The Labute approximate surface area is 193 Å². The van der Waals surface area contributed by atoms with Crippen LogP contribution in [0.3, 0.4) is 0 Å². The van der Waals surface area contributed by atoms with E-state index in [-0.39, 0.29) is 17.7 Å². The van der Waals surface area contributed by atoms with Gasteiger partial charge in [-0.25, -0.2) is 0 Å². The van der Waals surface area contributed by atoms with Crippen LogP contribution in [0.1, 0.15) is 43.7 Å². The SMILES string of the molecule is CC(c1ccc(Cl)cc1)C(CNC(=O)C(C)(C)Oc1ccc(Cl)cc1)c1cccnc1. The molecule has 1 N–H and O–H groups in total. The van der Waals surface area contributed by atoms with Crippen molar-refractivity contribution in [2.75, 3.05) is 6.54 Å². The molecule has 0 aliphatic rings. The molecule has 3 rings (SSSR count). The first-order valence-corrected chi connectivity index (χ1v) is 10.9. The molecule has 0 bridgehead atoms. The van der Waals surface area contributed by atoms with Crippen LogP contribution in [0.2, 0.25) is 10.0 Å². The lowest BCUT2D eigenvalue weighted by Crippen LogP contribution is -2.47. The Morgan fingerprint density at radius 1 is 1.00 bits per heavy atom. The number of pyridine rings is 1. The molecular weight excluding hydrogens is 431 g/mol. The maximum atomic E-state index is 13.0. The molecule has 2 unspecified atom stereocenters. The van der Waals surface area contributed by atoms with E-state index in [1.807, 2.05) is 42.6 Å². The highest BCUT2D eigenvalue weighted by atomic mass is 35.5. The number of benzene rings is 2. The van der Waals surface area contributed by atoms with Crippen LogP contribution in [0.15, 0.2) is 73.1 Å². The summed E-state index contributed by atoms with van der Waals surface area (Å²) in [5, 5.41) is 4.38. The molecule has 2 aromatic carbocycles. The minimum Gasteiger partial charge on any atom is -0.478 e. The van der Waals surface area contributed by atoms with E-state index in [0.717, 1.165) is 11.1 Å². The monoisotopic (exact) mass is 456 g/mol. The van der Waals surface area contributed by atoms with Gasteiger partial charge in [0.1, 0.15) is 5.75 Å². The van der Waals surface area contributed by atoms with E-state index in [2.05, 4.69) is 17.2 Å². The van der Waals surface area contributed by atoms with Crippen LogP contribution in [-0.2, 0) is 4.79 Å². The Balaban J connectivity index is 1.74. The first-order chi connectivity index (χ1) is 14.8. The van der Waals surface area contributed by atoms with E-state index >= 15 is 0 Å². The lowest BCUT2D eigenvalue weighted by molar-refractivity contribution is -0.134. The average Bonchev–Trinajstić information content (AvgIpc) is 2.76. The molecular formula is C25H26Cl2N2O2. The molecule has 1 aromatic heterocycles. The van der Waals surface area contributed by atoms with Crippen LogP contribution in [0, 0.1) is 0 Å². The average molecular weight is 457 g/mol. The quantitative estimate of drug-likeness (QED) is 0.435. The molecule has 0 saturated carbocycles. The van der Waals surface area contributed by atoms with Gasteiger partial charge in [-0.2, -0.15) is 0 Å². The number of carbonyl (C=O) groups is 1. The largest absolute Gasteiger partial charge is 0.478 e. The fourth-order valence-electron chi connectivity index (χ4n) is 3.44. The zero-order valence-corrected chi connectivity index (χ0v) is 19.3. The van der Waals surface area contributed by atoms with Gasteiger partial charge in [0.25, 0.3) is 5.91 Å². The van der Waals surface area contributed by atoms with Crippen LogP contribution in [0.4, 0.5) is 0 Å². The minimum atomic E-state index is -1.04. The van der Waals surface area contributed by atoms with Crippen molar-refractivity contribution in [1.82, 2.24) is 10.3 Å². The van der Waals surface area contributed by atoms with Crippen molar-refractivity contribution in [2.45, 2.75) is 38.2 Å². The highest BCUT2D eigenvalue weighted by Crippen LogP contribution is 2.33. The van der Waals surface area contributed by atoms with Crippen molar-refractivity contribution in [1.29, 1.82) is 0 Å². The zero-order valence-electron chi connectivity index (χ0n) is 17.8. The number of ether oxygens (including phenoxy) is 1. The number of aromatic nitrogens is 1. The normalized spacial score (nSPS) is 13.3. The Bertz CT molecular complexity index is 990. The van der Waals surface area contributed by atoms with Gasteiger partial charge in [-0.05, 0) is 73.4 Å². The number of hydrogen-bond donors (Lipinski definition) is 1. The summed E-state index contributed by atoms with van der Waals surface area (Å²) in [6.45, 7) is 6.08. The van der Waals surface area contributed by atoms with Gasteiger partial charge in [-0.3, -0.25) is 9.78 Å². The summed E-state index contributed by atoms with van der Waals surface area (Å²) < 4.78 is 5.92. The molecule has 0 saturated heterocycles. The predicted octanol–water partition coefficient (Wildman–Crippen LogP) is 6.25. The maximum Gasteiger partial charge on any atom is 0.263 e. The van der Waals surface area contributed by atoms with Crippen molar-refractivity contribution in [2.24, 2.45) is 0 Å². The third kappa shape index (κ3) is 6.22. The molecule has 4 nitrogen and oxygen atoms in total. The van der Waals surface area contributed by atoms with Crippen molar-refractivity contribution in [3.8, 4) is 5.75 Å². The van der Waals surface area contributed by atoms with Gasteiger partial charge in [-0.1, -0.05) is 48.3 Å². The molecule has 3 aromatic rings. The second-order valence-electron chi connectivity index (χ2n) is 8.01.